The first-order valence-corrected chi connectivity index (χ1v) is 7.81. The van der Waals surface area contributed by atoms with Crippen molar-refractivity contribution in [3.8, 4) is 5.75 Å². The lowest BCUT2D eigenvalue weighted by Crippen LogP contribution is -2.26. The van der Waals surface area contributed by atoms with Crippen LogP contribution in [-0.4, -0.2) is 20.8 Å². The molecular weight excluding hydrogens is 306 g/mol. The van der Waals surface area contributed by atoms with E-state index >= 15 is 0 Å². The van der Waals surface area contributed by atoms with Gasteiger partial charge in [-0.3, -0.25) is 0 Å². The number of para-hydroxylation sites is 1. The molecule has 0 spiro atoms. The van der Waals surface area contributed by atoms with Crippen LogP contribution >= 0.6 is 15.9 Å². The average molecular weight is 322 g/mol. The van der Waals surface area contributed by atoms with Gasteiger partial charge in [0.25, 0.3) is 0 Å². The van der Waals surface area contributed by atoms with Crippen LogP contribution in [0.2, 0.25) is 0 Å². The van der Waals surface area contributed by atoms with Crippen LogP contribution in [0.1, 0.15) is 13.3 Å². The van der Waals surface area contributed by atoms with Crippen LogP contribution in [0.25, 0.3) is 0 Å². The smallest absolute Gasteiger partial charge is 0.209 e. The zero-order chi connectivity index (χ0) is 12.9. The second-order valence-electron chi connectivity index (χ2n) is 3.85. The lowest BCUT2D eigenvalue weighted by molar-refractivity contribution is 0.256. The van der Waals surface area contributed by atoms with E-state index in [1.165, 1.54) is 0 Å². The molecule has 0 aliphatic heterocycles. The number of ether oxygens (including phenoxy) is 1. The summed E-state index contributed by atoms with van der Waals surface area (Å²) in [5, 5.41) is 5.02. The molecule has 0 fully saturated rings. The van der Waals surface area contributed by atoms with Gasteiger partial charge in [0.15, 0.2) is 0 Å². The highest BCUT2D eigenvalue weighted by molar-refractivity contribution is 9.10. The Balaban J connectivity index is 2.57. The van der Waals surface area contributed by atoms with Crippen molar-refractivity contribution in [1.82, 2.24) is 0 Å². The van der Waals surface area contributed by atoms with E-state index in [1.54, 1.807) is 0 Å². The number of primary sulfonamides is 1. The van der Waals surface area contributed by atoms with Crippen LogP contribution < -0.4 is 9.88 Å². The predicted octanol–water partition coefficient (Wildman–Crippen LogP) is 2.14. The molecule has 2 N–H and O–H groups in total. The van der Waals surface area contributed by atoms with E-state index < -0.39 is 10.0 Å². The SMILES string of the molecule is CCC(COc1ccccc1Br)CS(N)(=O)=O. The number of nitrogens with two attached hydrogens (primary N) is 1. The van der Waals surface area contributed by atoms with E-state index in [-0.39, 0.29) is 11.7 Å². The third-order valence-corrected chi connectivity index (χ3v) is 3.95. The van der Waals surface area contributed by atoms with Crippen LogP contribution in [0.5, 0.6) is 5.75 Å². The van der Waals surface area contributed by atoms with Crippen molar-refractivity contribution in [1.29, 1.82) is 0 Å². The van der Waals surface area contributed by atoms with Gasteiger partial charge in [0, 0.05) is 5.92 Å². The Labute approximate surface area is 110 Å². The molecule has 1 atom stereocenters. The van der Waals surface area contributed by atoms with Crippen molar-refractivity contribution >= 4 is 26.0 Å². The minimum Gasteiger partial charge on any atom is -0.492 e. The zero-order valence-corrected chi connectivity index (χ0v) is 12.0. The van der Waals surface area contributed by atoms with Crippen LogP contribution in [0, 0.1) is 5.92 Å². The molecule has 4 nitrogen and oxygen atoms in total. The maximum Gasteiger partial charge on any atom is 0.209 e. The molecule has 0 aliphatic rings. The van der Waals surface area contributed by atoms with Crippen molar-refractivity contribution in [2.45, 2.75) is 13.3 Å². The number of sulfonamides is 1. The van der Waals surface area contributed by atoms with Gasteiger partial charge in [-0.15, -0.1) is 0 Å². The summed E-state index contributed by atoms with van der Waals surface area (Å²) in [6.45, 7) is 2.26. The average Bonchev–Trinajstić information content (AvgIpc) is 2.24. The third-order valence-electron chi connectivity index (χ3n) is 2.36. The van der Waals surface area contributed by atoms with Crippen LogP contribution in [0.15, 0.2) is 28.7 Å². The van der Waals surface area contributed by atoms with E-state index in [4.69, 9.17) is 9.88 Å². The molecule has 0 saturated carbocycles. The highest BCUT2D eigenvalue weighted by atomic mass is 79.9. The Hall–Kier alpha value is -0.590. The molecule has 0 amide bonds. The maximum absolute atomic E-state index is 11.0. The molecular formula is C11H16BrNO3S. The fourth-order valence-electron chi connectivity index (χ4n) is 1.38. The number of rotatable bonds is 6. The second kappa shape index (κ2) is 6.37. The standard InChI is InChI=1S/C11H16BrNO3S/c1-2-9(8-17(13,14)15)7-16-11-6-4-3-5-10(11)12/h3-6,9H,2,7-8H2,1H3,(H2,13,14,15). The van der Waals surface area contributed by atoms with E-state index in [0.29, 0.717) is 18.8 Å². The normalized spacial score (nSPS) is 13.4. The molecule has 6 heteroatoms. The van der Waals surface area contributed by atoms with Gasteiger partial charge in [-0.25, -0.2) is 13.6 Å². The Kier molecular flexibility index (Phi) is 5.42. The molecule has 1 aromatic rings. The van der Waals surface area contributed by atoms with Gasteiger partial charge in [-0.05, 0) is 34.5 Å². The van der Waals surface area contributed by atoms with Gasteiger partial charge in [-0.1, -0.05) is 19.1 Å². The van der Waals surface area contributed by atoms with Crippen molar-refractivity contribution < 1.29 is 13.2 Å². The highest BCUT2D eigenvalue weighted by Crippen LogP contribution is 2.24. The molecule has 0 bridgehead atoms. The van der Waals surface area contributed by atoms with Gasteiger partial charge in [0.1, 0.15) is 5.75 Å². The van der Waals surface area contributed by atoms with E-state index in [0.717, 1.165) is 4.47 Å². The van der Waals surface area contributed by atoms with Gasteiger partial charge < -0.3 is 4.74 Å². The van der Waals surface area contributed by atoms with Gasteiger partial charge in [0.2, 0.25) is 10.0 Å². The van der Waals surface area contributed by atoms with E-state index in [9.17, 15) is 8.42 Å². The van der Waals surface area contributed by atoms with Crippen LogP contribution in [0.4, 0.5) is 0 Å². The Bertz CT molecular complexity index is 462. The topological polar surface area (TPSA) is 69.4 Å². The maximum atomic E-state index is 11.0. The predicted molar refractivity (Wildman–Crippen MR) is 71.4 cm³/mol. The monoisotopic (exact) mass is 321 g/mol. The number of hydrogen-bond acceptors (Lipinski definition) is 3. The quantitative estimate of drug-likeness (QED) is 0.872. The Morgan fingerprint density at radius 3 is 2.59 bits per heavy atom. The van der Waals surface area contributed by atoms with Crippen LogP contribution in [-0.2, 0) is 10.0 Å². The van der Waals surface area contributed by atoms with Gasteiger partial charge in [0.05, 0.1) is 16.8 Å². The second-order valence-corrected chi connectivity index (χ2v) is 6.36. The lowest BCUT2D eigenvalue weighted by Gasteiger charge is -2.15. The van der Waals surface area contributed by atoms with Gasteiger partial charge >= 0.3 is 0 Å². The Morgan fingerprint density at radius 1 is 1.41 bits per heavy atom. The molecule has 17 heavy (non-hydrogen) atoms. The molecule has 96 valence electrons. The van der Waals surface area contributed by atoms with Crippen molar-refractivity contribution in [3.63, 3.8) is 0 Å². The van der Waals surface area contributed by atoms with E-state index in [1.807, 2.05) is 31.2 Å². The zero-order valence-electron chi connectivity index (χ0n) is 9.60. The van der Waals surface area contributed by atoms with E-state index in [2.05, 4.69) is 15.9 Å². The first-order valence-electron chi connectivity index (χ1n) is 5.30. The summed E-state index contributed by atoms with van der Waals surface area (Å²) >= 11 is 3.36. The first-order chi connectivity index (χ1) is 7.92. The molecule has 0 radical (unpaired) electrons. The molecule has 1 unspecified atom stereocenters. The largest absolute Gasteiger partial charge is 0.492 e. The minimum absolute atomic E-state index is 0.0477. The lowest BCUT2D eigenvalue weighted by atomic mass is 10.1. The summed E-state index contributed by atoms with van der Waals surface area (Å²) < 4.78 is 28.4. The molecule has 1 aromatic carbocycles. The molecule has 0 heterocycles. The van der Waals surface area contributed by atoms with Crippen LogP contribution in [0.3, 0.4) is 0 Å². The minimum atomic E-state index is -3.44. The summed E-state index contributed by atoms with van der Waals surface area (Å²) in [5.41, 5.74) is 0. The number of hydrogen-bond donors (Lipinski definition) is 1. The number of benzene rings is 1. The third kappa shape index (κ3) is 5.52. The summed E-state index contributed by atoms with van der Waals surface area (Å²) in [5.74, 6) is 0.575. The summed E-state index contributed by atoms with van der Waals surface area (Å²) in [6, 6.07) is 7.45. The summed E-state index contributed by atoms with van der Waals surface area (Å²) in [7, 11) is -3.44. The fourth-order valence-corrected chi connectivity index (χ4v) is 2.77. The highest BCUT2D eigenvalue weighted by Gasteiger charge is 2.15. The first kappa shape index (κ1) is 14.5. The van der Waals surface area contributed by atoms with Crippen molar-refractivity contribution in [3.05, 3.63) is 28.7 Å². The summed E-state index contributed by atoms with van der Waals surface area (Å²) in [6.07, 6.45) is 0.709. The molecule has 0 aliphatic carbocycles. The van der Waals surface area contributed by atoms with Crippen molar-refractivity contribution in [2.24, 2.45) is 11.1 Å². The molecule has 0 saturated heterocycles. The molecule has 1 rings (SSSR count). The summed E-state index contributed by atoms with van der Waals surface area (Å²) in [4.78, 5) is 0. The van der Waals surface area contributed by atoms with Gasteiger partial charge in [-0.2, -0.15) is 0 Å². The van der Waals surface area contributed by atoms with Crippen molar-refractivity contribution in [2.75, 3.05) is 12.4 Å². The molecule has 0 aromatic heterocycles. The Morgan fingerprint density at radius 2 is 2.06 bits per heavy atom. The number of halogens is 1. The fraction of sp³-hybridized carbons (Fsp3) is 0.455.